The predicted octanol–water partition coefficient (Wildman–Crippen LogP) is 0.435. The summed E-state index contributed by atoms with van der Waals surface area (Å²) in [6.45, 7) is 0.0654. The second-order valence-corrected chi connectivity index (χ2v) is 4.78. The van der Waals surface area contributed by atoms with E-state index in [9.17, 15) is 8.42 Å². The quantitative estimate of drug-likeness (QED) is 0.742. The monoisotopic (exact) mass is 235 g/mol. The molecule has 0 atom stereocenters. The summed E-state index contributed by atoms with van der Waals surface area (Å²) in [5, 5.41) is 0.234. The molecule has 1 aromatic rings. The molecule has 0 spiro atoms. The first-order chi connectivity index (χ1) is 6.53. The average Bonchev–Trinajstić information content (AvgIpc) is 2.02. The van der Waals surface area contributed by atoms with E-state index in [1.807, 2.05) is 0 Å². The minimum atomic E-state index is -3.40. The van der Waals surface area contributed by atoms with Crippen molar-refractivity contribution in [1.29, 1.82) is 0 Å². The molecule has 5 nitrogen and oxygen atoms in total. The molecule has 3 N–H and O–H groups in total. The second kappa shape index (κ2) is 4.59. The molecule has 0 radical (unpaired) electrons. The molecule has 14 heavy (non-hydrogen) atoms. The van der Waals surface area contributed by atoms with E-state index in [0.717, 1.165) is 0 Å². The number of rotatable bonds is 4. The van der Waals surface area contributed by atoms with Crippen LogP contribution in [0.25, 0.3) is 0 Å². The van der Waals surface area contributed by atoms with E-state index in [1.165, 1.54) is 6.07 Å². The lowest BCUT2D eigenvalue weighted by molar-refractivity contribution is 0.601. The maximum atomic E-state index is 11.2. The number of halogens is 1. The molecule has 0 aromatic carbocycles. The molecule has 0 aliphatic heterocycles. The summed E-state index contributed by atoms with van der Waals surface area (Å²) in [5.41, 5.74) is 5.13. The number of pyridine rings is 1. The van der Waals surface area contributed by atoms with Gasteiger partial charge in [-0.25, -0.2) is 13.4 Å². The van der Waals surface area contributed by atoms with Crippen LogP contribution in [0.3, 0.4) is 0 Å². The van der Waals surface area contributed by atoms with Crippen LogP contribution in [0.15, 0.2) is 18.2 Å². The van der Waals surface area contributed by atoms with Gasteiger partial charge in [-0.15, -0.1) is 0 Å². The van der Waals surface area contributed by atoms with E-state index in [2.05, 4.69) is 9.71 Å². The zero-order chi connectivity index (χ0) is 10.6. The van der Waals surface area contributed by atoms with Gasteiger partial charge >= 0.3 is 0 Å². The molecule has 1 heterocycles. The minimum absolute atomic E-state index is 0.0654. The molecule has 0 saturated heterocycles. The van der Waals surface area contributed by atoms with Crippen molar-refractivity contribution >= 4 is 27.4 Å². The molecule has 78 valence electrons. The number of anilines is 1. The Morgan fingerprint density at radius 3 is 2.79 bits per heavy atom. The van der Waals surface area contributed by atoms with Crippen LogP contribution in [-0.2, 0) is 10.0 Å². The Hall–Kier alpha value is -0.850. The number of aromatic nitrogens is 1. The summed E-state index contributed by atoms with van der Waals surface area (Å²) >= 11 is 5.58. The molecular weight excluding hydrogens is 226 g/mol. The van der Waals surface area contributed by atoms with Crippen molar-refractivity contribution in [2.24, 2.45) is 5.73 Å². The van der Waals surface area contributed by atoms with Gasteiger partial charge in [0.15, 0.2) is 0 Å². The second-order valence-electron chi connectivity index (χ2n) is 2.56. The standard InChI is InChI=1S/C7H10ClN3O2S/c8-6-2-1-3-7(10-6)11-14(12,13)5-4-9/h1-3H,4-5,9H2,(H,10,11). The van der Waals surface area contributed by atoms with Crippen LogP contribution in [0, 0.1) is 0 Å². The highest BCUT2D eigenvalue weighted by Crippen LogP contribution is 2.10. The van der Waals surface area contributed by atoms with Crippen LogP contribution in [0.4, 0.5) is 5.82 Å². The Kier molecular flexibility index (Phi) is 3.68. The van der Waals surface area contributed by atoms with Gasteiger partial charge in [-0.1, -0.05) is 17.7 Å². The topological polar surface area (TPSA) is 85.1 Å². The van der Waals surface area contributed by atoms with Crippen LogP contribution >= 0.6 is 11.6 Å². The van der Waals surface area contributed by atoms with Crippen molar-refractivity contribution in [2.45, 2.75) is 0 Å². The molecule has 0 saturated carbocycles. The van der Waals surface area contributed by atoms with Crippen molar-refractivity contribution in [2.75, 3.05) is 17.0 Å². The fourth-order valence-electron chi connectivity index (χ4n) is 0.831. The van der Waals surface area contributed by atoms with E-state index >= 15 is 0 Å². The summed E-state index contributed by atoms with van der Waals surface area (Å²) in [6, 6.07) is 4.68. The van der Waals surface area contributed by atoms with Crippen LogP contribution in [0.2, 0.25) is 5.15 Å². The number of sulfonamides is 1. The predicted molar refractivity (Wildman–Crippen MR) is 55.7 cm³/mol. The average molecular weight is 236 g/mol. The Labute approximate surface area is 87.3 Å². The fraction of sp³-hybridized carbons (Fsp3) is 0.286. The minimum Gasteiger partial charge on any atom is -0.329 e. The molecule has 0 unspecified atom stereocenters. The Morgan fingerprint density at radius 2 is 2.21 bits per heavy atom. The van der Waals surface area contributed by atoms with E-state index in [1.54, 1.807) is 12.1 Å². The number of nitrogens with two attached hydrogens (primary N) is 1. The molecular formula is C7H10ClN3O2S. The third-order valence-corrected chi connectivity index (χ3v) is 2.87. The van der Waals surface area contributed by atoms with E-state index in [-0.39, 0.29) is 23.3 Å². The Balaban J connectivity index is 2.79. The van der Waals surface area contributed by atoms with Crippen molar-refractivity contribution in [3.63, 3.8) is 0 Å². The van der Waals surface area contributed by atoms with Gasteiger partial charge in [0, 0.05) is 6.54 Å². The van der Waals surface area contributed by atoms with Crippen molar-refractivity contribution in [3.8, 4) is 0 Å². The van der Waals surface area contributed by atoms with E-state index in [0.29, 0.717) is 0 Å². The summed E-state index contributed by atoms with van der Waals surface area (Å²) in [4.78, 5) is 3.77. The fourth-order valence-corrected chi connectivity index (χ4v) is 1.84. The molecule has 0 bridgehead atoms. The molecule has 0 fully saturated rings. The third-order valence-electron chi connectivity index (χ3n) is 1.36. The lowest BCUT2D eigenvalue weighted by atomic mass is 10.5. The third kappa shape index (κ3) is 3.49. The first kappa shape index (κ1) is 11.2. The zero-order valence-electron chi connectivity index (χ0n) is 7.27. The summed E-state index contributed by atoms with van der Waals surface area (Å²) in [5.74, 6) is 0.0622. The summed E-state index contributed by atoms with van der Waals surface area (Å²) in [6.07, 6.45) is 0. The van der Waals surface area contributed by atoms with Gasteiger partial charge < -0.3 is 5.73 Å². The van der Waals surface area contributed by atoms with Crippen molar-refractivity contribution in [3.05, 3.63) is 23.4 Å². The molecule has 1 rings (SSSR count). The van der Waals surface area contributed by atoms with Gasteiger partial charge in [0.1, 0.15) is 11.0 Å². The first-order valence-corrected chi connectivity index (χ1v) is 5.89. The van der Waals surface area contributed by atoms with Gasteiger partial charge in [0.25, 0.3) is 0 Å². The summed E-state index contributed by atoms with van der Waals surface area (Å²) < 4.78 is 24.7. The molecule has 7 heteroatoms. The highest BCUT2D eigenvalue weighted by Gasteiger charge is 2.09. The van der Waals surface area contributed by atoms with Crippen LogP contribution < -0.4 is 10.5 Å². The van der Waals surface area contributed by atoms with Gasteiger partial charge in [-0.05, 0) is 12.1 Å². The molecule has 0 aliphatic carbocycles. The van der Waals surface area contributed by atoms with Crippen LogP contribution in [0.1, 0.15) is 0 Å². The smallest absolute Gasteiger partial charge is 0.235 e. The lowest BCUT2D eigenvalue weighted by Crippen LogP contribution is -2.22. The lowest BCUT2D eigenvalue weighted by Gasteiger charge is -2.05. The maximum Gasteiger partial charge on any atom is 0.235 e. The van der Waals surface area contributed by atoms with Crippen molar-refractivity contribution in [1.82, 2.24) is 4.98 Å². The van der Waals surface area contributed by atoms with E-state index in [4.69, 9.17) is 17.3 Å². The van der Waals surface area contributed by atoms with Gasteiger partial charge in [0.05, 0.1) is 5.75 Å². The molecule has 1 aromatic heterocycles. The Morgan fingerprint density at radius 1 is 1.50 bits per heavy atom. The zero-order valence-corrected chi connectivity index (χ0v) is 8.85. The highest BCUT2D eigenvalue weighted by atomic mass is 35.5. The number of nitrogens with one attached hydrogen (secondary N) is 1. The number of hydrogen-bond donors (Lipinski definition) is 2. The van der Waals surface area contributed by atoms with Crippen LogP contribution in [-0.4, -0.2) is 25.7 Å². The van der Waals surface area contributed by atoms with Gasteiger partial charge in [-0.3, -0.25) is 4.72 Å². The molecule has 0 aliphatic rings. The maximum absolute atomic E-state index is 11.2. The normalized spacial score (nSPS) is 11.3. The number of nitrogens with zero attached hydrogens (tertiary/aromatic N) is 1. The molecule has 0 amide bonds. The SMILES string of the molecule is NCCS(=O)(=O)Nc1cccc(Cl)n1. The largest absolute Gasteiger partial charge is 0.329 e. The van der Waals surface area contributed by atoms with Gasteiger partial charge in [0.2, 0.25) is 10.0 Å². The number of hydrogen-bond acceptors (Lipinski definition) is 4. The van der Waals surface area contributed by atoms with Gasteiger partial charge in [-0.2, -0.15) is 0 Å². The van der Waals surface area contributed by atoms with Crippen molar-refractivity contribution < 1.29 is 8.42 Å². The first-order valence-electron chi connectivity index (χ1n) is 3.86. The highest BCUT2D eigenvalue weighted by molar-refractivity contribution is 7.92. The van der Waals surface area contributed by atoms with Crippen LogP contribution in [0.5, 0.6) is 0 Å². The Bertz CT molecular complexity index is 407. The van der Waals surface area contributed by atoms with E-state index < -0.39 is 10.0 Å². The summed E-state index contributed by atoms with van der Waals surface area (Å²) in [7, 11) is -3.40.